The van der Waals surface area contributed by atoms with E-state index in [0.717, 1.165) is 12.2 Å². The van der Waals surface area contributed by atoms with Gasteiger partial charge in [0.15, 0.2) is 0 Å². The van der Waals surface area contributed by atoms with Gasteiger partial charge in [0, 0.05) is 24.9 Å². The van der Waals surface area contributed by atoms with E-state index in [1.54, 1.807) is 4.57 Å². The number of aromatic nitrogens is 2. The van der Waals surface area contributed by atoms with E-state index in [9.17, 15) is 14.7 Å². The second kappa shape index (κ2) is 6.36. The lowest BCUT2D eigenvalue weighted by molar-refractivity contribution is 0.0699. The molecule has 0 unspecified atom stereocenters. The highest BCUT2D eigenvalue weighted by Crippen LogP contribution is 2.22. The van der Waals surface area contributed by atoms with Crippen LogP contribution in [0.3, 0.4) is 0 Å². The minimum absolute atomic E-state index is 0.0501. The molecular formula is C14H19N3O3S. The van der Waals surface area contributed by atoms with E-state index in [0.29, 0.717) is 24.3 Å². The van der Waals surface area contributed by atoms with Crippen molar-refractivity contribution in [1.82, 2.24) is 14.5 Å². The Labute approximate surface area is 126 Å². The Balaban J connectivity index is 2.63. The van der Waals surface area contributed by atoms with Gasteiger partial charge in [-0.3, -0.25) is 9.36 Å². The van der Waals surface area contributed by atoms with Crippen LogP contribution in [0.4, 0.5) is 0 Å². The van der Waals surface area contributed by atoms with E-state index in [4.69, 9.17) is 0 Å². The molecule has 0 bridgehead atoms. The zero-order valence-corrected chi connectivity index (χ0v) is 13.2. The van der Waals surface area contributed by atoms with E-state index < -0.39 is 5.97 Å². The first kappa shape index (κ1) is 15.7. The number of hydrogen-bond donors (Lipinski definition) is 1. The summed E-state index contributed by atoms with van der Waals surface area (Å²) >= 11 is 1.21. The van der Waals surface area contributed by atoms with Gasteiger partial charge in [-0.05, 0) is 20.5 Å². The van der Waals surface area contributed by atoms with Gasteiger partial charge in [-0.1, -0.05) is 6.92 Å². The van der Waals surface area contributed by atoms with Gasteiger partial charge in [0.05, 0.1) is 10.9 Å². The Morgan fingerprint density at radius 2 is 2.19 bits per heavy atom. The van der Waals surface area contributed by atoms with Crippen LogP contribution in [-0.2, 0) is 13.0 Å². The molecule has 0 atom stereocenters. The van der Waals surface area contributed by atoms with Crippen LogP contribution in [0.2, 0.25) is 0 Å². The van der Waals surface area contributed by atoms with Gasteiger partial charge in [-0.25, -0.2) is 9.78 Å². The van der Waals surface area contributed by atoms with Crippen LogP contribution in [0, 0.1) is 0 Å². The number of thiophene rings is 1. The predicted octanol–water partition coefficient (Wildman–Crippen LogP) is 1.67. The summed E-state index contributed by atoms with van der Waals surface area (Å²) in [5, 5.41) is 10.9. The Bertz CT molecular complexity index is 718. The van der Waals surface area contributed by atoms with Gasteiger partial charge in [0.2, 0.25) is 0 Å². The minimum Gasteiger partial charge on any atom is -0.478 e. The lowest BCUT2D eigenvalue weighted by Crippen LogP contribution is -2.30. The van der Waals surface area contributed by atoms with Crippen molar-refractivity contribution in [1.29, 1.82) is 0 Å². The molecule has 0 aromatic carbocycles. The number of nitrogens with zero attached hydrogens (tertiary/aromatic N) is 3. The fourth-order valence-electron chi connectivity index (χ4n) is 2.17. The van der Waals surface area contributed by atoms with E-state index in [1.165, 1.54) is 16.7 Å². The SMILES string of the molecule is CCCc1nc2scc(C(=O)O)c2c(=O)n1CCN(C)C. The molecule has 7 heteroatoms. The summed E-state index contributed by atoms with van der Waals surface area (Å²) in [6, 6.07) is 0. The highest BCUT2D eigenvalue weighted by atomic mass is 32.1. The second-order valence-electron chi connectivity index (χ2n) is 5.17. The first-order valence-electron chi connectivity index (χ1n) is 6.84. The van der Waals surface area contributed by atoms with E-state index in [2.05, 4.69) is 4.98 Å². The fourth-order valence-corrected chi connectivity index (χ4v) is 3.09. The molecule has 2 aromatic heterocycles. The van der Waals surface area contributed by atoms with Gasteiger partial charge >= 0.3 is 5.97 Å². The minimum atomic E-state index is -1.08. The number of rotatable bonds is 6. The number of carboxylic acids is 1. The molecule has 2 heterocycles. The number of carboxylic acid groups (broad SMARTS) is 1. The van der Waals surface area contributed by atoms with Crippen LogP contribution in [0.5, 0.6) is 0 Å². The van der Waals surface area contributed by atoms with Gasteiger partial charge in [-0.15, -0.1) is 11.3 Å². The molecule has 0 amide bonds. The Morgan fingerprint density at radius 3 is 2.76 bits per heavy atom. The fraction of sp³-hybridized carbons (Fsp3) is 0.500. The summed E-state index contributed by atoms with van der Waals surface area (Å²) in [5.74, 6) is -0.349. The van der Waals surface area contributed by atoms with Crippen molar-refractivity contribution in [3.63, 3.8) is 0 Å². The third-order valence-electron chi connectivity index (χ3n) is 3.25. The summed E-state index contributed by atoms with van der Waals surface area (Å²) in [7, 11) is 3.87. The average Bonchev–Trinajstić information content (AvgIpc) is 2.82. The molecule has 0 spiro atoms. The first-order valence-corrected chi connectivity index (χ1v) is 7.72. The monoisotopic (exact) mass is 309 g/mol. The highest BCUT2D eigenvalue weighted by molar-refractivity contribution is 7.17. The van der Waals surface area contributed by atoms with E-state index >= 15 is 0 Å². The van der Waals surface area contributed by atoms with Gasteiger partial charge < -0.3 is 10.0 Å². The molecule has 0 aliphatic rings. The van der Waals surface area contributed by atoms with Crippen molar-refractivity contribution < 1.29 is 9.90 Å². The highest BCUT2D eigenvalue weighted by Gasteiger charge is 2.19. The van der Waals surface area contributed by atoms with Gasteiger partial charge in [-0.2, -0.15) is 0 Å². The molecule has 2 aromatic rings. The van der Waals surface area contributed by atoms with Gasteiger partial charge in [0.25, 0.3) is 5.56 Å². The summed E-state index contributed by atoms with van der Waals surface area (Å²) in [6.07, 6.45) is 1.59. The topological polar surface area (TPSA) is 75.4 Å². The number of carbonyl (C=O) groups is 1. The molecule has 0 saturated carbocycles. The third-order valence-corrected chi connectivity index (χ3v) is 4.12. The van der Waals surface area contributed by atoms with E-state index in [-0.39, 0.29) is 16.5 Å². The van der Waals surface area contributed by atoms with Crippen molar-refractivity contribution >= 4 is 27.5 Å². The summed E-state index contributed by atoms with van der Waals surface area (Å²) in [4.78, 5) is 30.9. The zero-order chi connectivity index (χ0) is 15.6. The number of aromatic carboxylic acids is 1. The largest absolute Gasteiger partial charge is 0.478 e. The first-order chi connectivity index (χ1) is 9.95. The van der Waals surface area contributed by atoms with Crippen LogP contribution in [0.1, 0.15) is 29.5 Å². The van der Waals surface area contributed by atoms with Gasteiger partial charge in [0.1, 0.15) is 10.7 Å². The summed E-state index contributed by atoms with van der Waals surface area (Å²) in [6.45, 7) is 3.25. The molecule has 0 saturated heterocycles. The molecule has 0 aliphatic heterocycles. The predicted molar refractivity (Wildman–Crippen MR) is 83.4 cm³/mol. The van der Waals surface area contributed by atoms with Crippen LogP contribution < -0.4 is 5.56 Å². The molecule has 1 N–H and O–H groups in total. The molecule has 0 aliphatic carbocycles. The standard InChI is InChI=1S/C14H19N3O3S/c1-4-5-10-15-12-11(9(8-21-12)14(19)20)13(18)17(10)7-6-16(2)3/h8H,4-7H2,1-3H3,(H,19,20). The molecule has 2 rings (SSSR count). The van der Waals surface area contributed by atoms with Crippen LogP contribution in [-0.4, -0.2) is 46.2 Å². The maximum atomic E-state index is 12.7. The normalized spacial score (nSPS) is 11.4. The Morgan fingerprint density at radius 1 is 1.48 bits per heavy atom. The smallest absolute Gasteiger partial charge is 0.337 e. The third kappa shape index (κ3) is 3.14. The number of fused-ring (bicyclic) bond motifs is 1. The van der Waals surface area contributed by atoms with Crippen LogP contribution in [0.25, 0.3) is 10.2 Å². The summed E-state index contributed by atoms with van der Waals surface area (Å²) in [5.41, 5.74) is -0.196. The lowest BCUT2D eigenvalue weighted by Gasteiger charge is -2.15. The molecule has 6 nitrogen and oxygen atoms in total. The maximum Gasteiger partial charge on any atom is 0.337 e. The van der Waals surface area contributed by atoms with Crippen molar-refractivity contribution in [2.45, 2.75) is 26.3 Å². The maximum absolute atomic E-state index is 12.7. The Kier molecular flexibility index (Phi) is 4.74. The molecular weight excluding hydrogens is 290 g/mol. The molecule has 0 radical (unpaired) electrons. The van der Waals surface area contributed by atoms with E-state index in [1.807, 2.05) is 25.9 Å². The quantitative estimate of drug-likeness (QED) is 0.878. The zero-order valence-electron chi connectivity index (χ0n) is 12.4. The van der Waals surface area contributed by atoms with Crippen molar-refractivity contribution in [2.75, 3.05) is 20.6 Å². The number of hydrogen-bond acceptors (Lipinski definition) is 5. The van der Waals surface area contributed by atoms with Crippen molar-refractivity contribution in [3.8, 4) is 0 Å². The number of aryl methyl sites for hydroxylation is 1. The average molecular weight is 309 g/mol. The molecule has 0 fully saturated rings. The second-order valence-corrected chi connectivity index (χ2v) is 6.03. The van der Waals surface area contributed by atoms with Crippen molar-refractivity contribution in [3.05, 3.63) is 27.1 Å². The molecule has 114 valence electrons. The van der Waals surface area contributed by atoms with Crippen molar-refractivity contribution in [2.24, 2.45) is 0 Å². The van der Waals surface area contributed by atoms with Crippen LogP contribution in [0.15, 0.2) is 10.2 Å². The number of likely N-dealkylation sites (N-methyl/N-ethyl adjacent to an activating group) is 1. The van der Waals surface area contributed by atoms with Crippen LogP contribution >= 0.6 is 11.3 Å². The summed E-state index contributed by atoms with van der Waals surface area (Å²) < 4.78 is 1.62. The lowest BCUT2D eigenvalue weighted by atomic mass is 10.2. The Hall–Kier alpha value is -1.73. The molecule has 21 heavy (non-hydrogen) atoms.